The zero-order valence-corrected chi connectivity index (χ0v) is 21.4. The van der Waals surface area contributed by atoms with Crippen LogP contribution in [0.2, 0.25) is 0 Å². The molecule has 1 N–H and O–H groups in total. The highest BCUT2D eigenvalue weighted by Gasteiger charge is 2.32. The number of rotatable bonds is 9. The SMILES string of the molecule is CCCCc1cn(C2CCCCC2C(C)=O)c(=O)n1Cc1cnccc1-c1ccc(-c2nn[nH]n2)cc1. The minimum Gasteiger partial charge on any atom is -0.300 e. The number of nitrogens with zero attached hydrogens (tertiary/aromatic N) is 6. The Bertz CT molecular complexity index is 1400. The molecular weight excluding hydrogens is 466 g/mol. The van der Waals surface area contributed by atoms with Gasteiger partial charge in [0.25, 0.3) is 0 Å². The number of carbonyl (C=O) groups is 1. The molecule has 0 spiro atoms. The highest BCUT2D eigenvalue weighted by molar-refractivity contribution is 5.79. The van der Waals surface area contributed by atoms with Crippen molar-refractivity contribution in [3.63, 3.8) is 0 Å². The number of hydrogen-bond donors (Lipinski definition) is 1. The molecule has 37 heavy (non-hydrogen) atoms. The molecule has 1 aromatic carbocycles. The van der Waals surface area contributed by atoms with Crippen molar-refractivity contribution in [2.45, 2.75) is 71.4 Å². The molecule has 1 aliphatic carbocycles. The van der Waals surface area contributed by atoms with Gasteiger partial charge in [-0.3, -0.25) is 18.9 Å². The first kappa shape index (κ1) is 24.8. The number of pyridine rings is 1. The van der Waals surface area contributed by atoms with Crippen molar-refractivity contribution in [1.82, 2.24) is 34.7 Å². The molecule has 3 heterocycles. The van der Waals surface area contributed by atoms with E-state index in [-0.39, 0.29) is 23.4 Å². The first-order valence-electron chi connectivity index (χ1n) is 13.1. The number of ketones is 1. The minimum absolute atomic E-state index is 0.0356. The molecule has 2 unspecified atom stereocenters. The summed E-state index contributed by atoms with van der Waals surface area (Å²) in [5.41, 5.74) is 4.87. The van der Waals surface area contributed by atoms with E-state index in [1.54, 1.807) is 13.1 Å². The number of hydrogen-bond acceptors (Lipinski definition) is 6. The predicted octanol–water partition coefficient (Wildman–Crippen LogP) is 4.60. The fourth-order valence-corrected chi connectivity index (χ4v) is 5.52. The van der Waals surface area contributed by atoms with Crippen molar-refractivity contribution in [2.75, 3.05) is 0 Å². The Balaban J connectivity index is 1.50. The van der Waals surface area contributed by atoms with Crippen LogP contribution in [0.25, 0.3) is 22.5 Å². The second kappa shape index (κ2) is 11.0. The maximum atomic E-state index is 13.8. The van der Waals surface area contributed by atoms with Gasteiger partial charge >= 0.3 is 5.69 Å². The summed E-state index contributed by atoms with van der Waals surface area (Å²) in [6, 6.07) is 9.90. The smallest absolute Gasteiger partial charge is 0.300 e. The van der Waals surface area contributed by atoms with Crippen LogP contribution in [0, 0.1) is 5.92 Å². The lowest BCUT2D eigenvalue weighted by Gasteiger charge is -2.30. The van der Waals surface area contributed by atoms with Gasteiger partial charge in [0.15, 0.2) is 0 Å². The summed E-state index contributed by atoms with van der Waals surface area (Å²) in [6.45, 7) is 4.25. The van der Waals surface area contributed by atoms with Gasteiger partial charge in [0.05, 0.1) is 6.54 Å². The van der Waals surface area contributed by atoms with Gasteiger partial charge in [-0.15, -0.1) is 10.2 Å². The third-order valence-corrected chi connectivity index (χ3v) is 7.51. The Morgan fingerprint density at radius 3 is 2.62 bits per heavy atom. The molecule has 0 saturated heterocycles. The summed E-state index contributed by atoms with van der Waals surface area (Å²) in [5.74, 6) is 0.632. The van der Waals surface area contributed by atoms with Crippen molar-refractivity contribution in [3.05, 3.63) is 70.7 Å². The first-order chi connectivity index (χ1) is 18.1. The maximum absolute atomic E-state index is 13.8. The number of H-pyrrole nitrogens is 1. The van der Waals surface area contributed by atoms with Crippen molar-refractivity contribution >= 4 is 5.78 Å². The van der Waals surface area contributed by atoms with Crippen LogP contribution >= 0.6 is 0 Å². The zero-order chi connectivity index (χ0) is 25.8. The van der Waals surface area contributed by atoms with E-state index in [0.29, 0.717) is 12.4 Å². The van der Waals surface area contributed by atoms with Crippen LogP contribution in [-0.4, -0.2) is 40.5 Å². The molecule has 0 amide bonds. The van der Waals surface area contributed by atoms with Gasteiger partial charge < -0.3 is 0 Å². The van der Waals surface area contributed by atoms with Gasteiger partial charge in [-0.25, -0.2) is 4.79 Å². The topological polar surface area (TPSA) is 111 Å². The number of nitrogens with one attached hydrogen (secondary N) is 1. The summed E-state index contributed by atoms with van der Waals surface area (Å²) < 4.78 is 3.74. The van der Waals surface area contributed by atoms with Crippen LogP contribution in [-0.2, 0) is 17.8 Å². The fourth-order valence-electron chi connectivity index (χ4n) is 5.52. The molecule has 0 aliphatic heterocycles. The predicted molar refractivity (Wildman–Crippen MR) is 141 cm³/mol. The number of aromatic nitrogens is 7. The normalized spacial score (nSPS) is 17.7. The average molecular weight is 500 g/mol. The standard InChI is InChI=1S/C28H33N7O2/c1-3-4-7-23-18-35(26-9-6-5-8-24(26)19(2)36)28(37)34(23)17-22-16-29-15-14-25(22)20-10-12-21(13-11-20)27-30-32-33-31-27/h10-16,18,24,26H,3-9,17H2,1-2H3,(H,30,31,32,33). The lowest BCUT2D eigenvalue weighted by Crippen LogP contribution is -2.35. The van der Waals surface area contributed by atoms with E-state index in [2.05, 4.69) is 32.5 Å². The highest BCUT2D eigenvalue weighted by Crippen LogP contribution is 2.34. The number of imidazole rings is 1. The lowest BCUT2D eigenvalue weighted by molar-refractivity contribution is -0.123. The van der Waals surface area contributed by atoms with Gasteiger partial charge in [-0.05, 0) is 60.6 Å². The summed E-state index contributed by atoms with van der Waals surface area (Å²) in [7, 11) is 0. The summed E-state index contributed by atoms with van der Waals surface area (Å²) in [6.07, 6.45) is 12.3. The van der Waals surface area contributed by atoms with Crippen LogP contribution < -0.4 is 5.69 Å². The number of aromatic amines is 1. The third kappa shape index (κ3) is 5.16. The second-order valence-electron chi connectivity index (χ2n) is 9.91. The molecule has 9 heteroatoms. The van der Waals surface area contributed by atoms with E-state index in [1.165, 1.54) is 0 Å². The van der Waals surface area contributed by atoms with E-state index in [9.17, 15) is 9.59 Å². The second-order valence-corrected chi connectivity index (χ2v) is 9.91. The monoisotopic (exact) mass is 499 g/mol. The minimum atomic E-state index is -0.0898. The van der Waals surface area contributed by atoms with Crippen molar-refractivity contribution in [2.24, 2.45) is 5.92 Å². The van der Waals surface area contributed by atoms with Gasteiger partial charge in [0.1, 0.15) is 5.78 Å². The Hall–Kier alpha value is -3.88. The summed E-state index contributed by atoms with van der Waals surface area (Å²) >= 11 is 0. The molecule has 1 aliphatic rings. The van der Waals surface area contributed by atoms with Crippen LogP contribution in [0.5, 0.6) is 0 Å². The van der Waals surface area contributed by atoms with Gasteiger partial charge in [0, 0.05) is 41.8 Å². The molecular formula is C28H33N7O2. The molecule has 3 aromatic heterocycles. The molecule has 1 fully saturated rings. The summed E-state index contributed by atoms with van der Waals surface area (Å²) in [4.78, 5) is 30.6. The van der Waals surface area contributed by atoms with E-state index < -0.39 is 0 Å². The number of carbonyl (C=O) groups excluding carboxylic acids is 1. The Labute approximate surface area is 216 Å². The highest BCUT2D eigenvalue weighted by atomic mass is 16.2. The van der Waals surface area contributed by atoms with Crippen molar-refractivity contribution in [1.29, 1.82) is 0 Å². The van der Waals surface area contributed by atoms with Crippen LogP contribution in [0.15, 0.2) is 53.7 Å². The number of aryl methyl sites for hydroxylation is 1. The van der Waals surface area contributed by atoms with Gasteiger partial charge in [-0.1, -0.05) is 50.5 Å². The molecule has 0 bridgehead atoms. The molecule has 5 rings (SSSR count). The fraction of sp³-hybridized carbons (Fsp3) is 0.429. The number of unbranched alkanes of at least 4 members (excludes halogenated alkanes) is 1. The molecule has 0 radical (unpaired) electrons. The van der Waals surface area contributed by atoms with Crippen molar-refractivity contribution < 1.29 is 4.79 Å². The summed E-state index contributed by atoms with van der Waals surface area (Å²) in [5, 5.41) is 14.2. The molecule has 192 valence electrons. The van der Waals surface area contributed by atoms with Crippen LogP contribution in [0.1, 0.15) is 69.7 Å². The lowest BCUT2D eigenvalue weighted by atomic mass is 9.82. The Kier molecular flexibility index (Phi) is 7.39. The van der Waals surface area contributed by atoms with Crippen LogP contribution in [0.3, 0.4) is 0 Å². The molecule has 9 nitrogen and oxygen atoms in total. The van der Waals surface area contributed by atoms with Gasteiger partial charge in [-0.2, -0.15) is 5.21 Å². The van der Waals surface area contributed by atoms with E-state index in [1.807, 2.05) is 51.9 Å². The van der Waals surface area contributed by atoms with E-state index in [4.69, 9.17) is 0 Å². The number of Topliss-reactive ketones (excluding diaryl/α,β-unsaturated/α-hetero) is 1. The van der Waals surface area contributed by atoms with Crippen LogP contribution in [0.4, 0.5) is 0 Å². The third-order valence-electron chi connectivity index (χ3n) is 7.51. The first-order valence-corrected chi connectivity index (χ1v) is 13.1. The van der Waals surface area contributed by atoms with Crippen molar-refractivity contribution in [3.8, 4) is 22.5 Å². The molecule has 4 aromatic rings. The number of tetrazole rings is 1. The Morgan fingerprint density at radius 1 is 1.11 bits per heavy atom. The average Bonchev–Trinajstić information content (AvgIpc) is 3.57. The largest absolute Gasteiger partial charge is 0.328 e. The quantitative estimate of drug-likeness (QED) is 0.360. The zero-order valence-electron chi connectivity index (χ0n) is 21.4. The van der Waals surface area contributed by atoms with E-state index >= 15 is 0 Å². The van der Waals surface area contributed by atoms with E-state index in [0.717, 1.165) is 72.9 Å². The van der Waals surface area contributed by atoms with Gasteiger partial charge in [0.2, 0.25) is 5.82 Å². The molecule has 2 atom stereocenters. The number of benzene rings is 1. The molecule has 1 saturated carbocycles. The Morgan fingerprint density at radius 2 is 1.89 bits per heavy atom. The maximum Gasteiger partial charge on any atom is 0.328 e.